The van der Waals surface area contributed by atoms with Crippen molar-refractivity contribution >= 4 is 16.5 Å². The van der Waals surface area contributed by atoms with Gasteiger partial charge >= 0.3 is 0 Å². The van der Waals surface area contributed by atoms with Gasteiger partial charge in [-0.3, -0.25) is 0 Å². The maximum Gasteiger partial charge on any atom is 0.180 e. The molecule has 1 aromatic carbocycles. The molecule has 0 amide bonds. The van der Waals surface area contributed by atoms with Gasteiger partial charge in [0.25, 0.3) is 0 Å². The molecule has 0 aliphatic carbocycles. The van der Waals surface area contributed by atoms with E-state index in [-0.39, 0.29) is 0 Å². The predicted octanol–water partition coefficient (Wildman–Crippen LogP) is 3.33. The summed E-state index contributed by atoms with van der Waals surface area (Å²) >= 11 is 1.54. The SMILES string of the molecule is COc1cccc(Cc2sc(N)nc2COCCN2CCCCC2)c1. The molecule has 2 heterocycles. The molecular formula is C19H27N3O2S. The number of likely N-dealkylation sites (tertiary alicyclic amines) is 1. The number of methoxy groups -OCH3 is 1. The third kappa shape index (κ3) is 5.42. The largest absolute Gasteiger partial charge is 0.497 e. The zero-order valence-electron chi connectivity index (χ0n) is 14.9. The Morgan fingerprint density at radius 3 is 2.88 bits per heavy atom. The van der Waals surface area contributed by atoms with Gasteiger partial charge in [-0.2, -0.15) is 0 Å². The smallest absolute Gasteiger partial charge is 0.180 e. The van der Waals surface area contributed by atoms with Crippen LogP contribution in [-0.2, 0) is 17.8 Å². The molecule has 0 atom stereocenters. The third-order valence-corrected chi connectivity index (χ3v) is 5.46. The highest BCUT2D eigenvalue weighted by Crippen LogP contribution is 2.25. The predicted molar refractivity (Wildman–Crippen MR) is 102 cm³/mol. The summed E-state index contributed by atoms with van der Waals surface area (Å²) in [6.07, 6.45) is 4.79. The number of piperidine rings is 1. The molecule has 0 saturated carbocycles. The molecule has 1 aromatic heterocycles. The molecule has 0 unspecified atom stereocenters. The highest BCUT2D eigenvalue weighted by molar-refractivity contribution is 7.15. The Morgan fingerprint density at radius 1 is 1.24 bits per heavy atom. The number of hydrogen-bond donors (Lipinski definition) is 1. The highest BCUT2D eigenvalue weighted by Gasteiger charge is 2.13. The van der Waals surface area contributed by atoms with Gasteiger partial charge in [-0.15, -0.1) is 11.3 Å². The van der Waals surface area contributed by atoms with E-state index in [0.29, 0.717) is 11.7 Å². The first-order chi connectivity index (χ1) is 12.2. The topological polar surface area (TPSA) is 60.6 Å². The summed E-state index contributed by atoms with van der Waals surface area (Å²) < 4.78 is 11.2. The Hall–Kier alpha value is -1.63. The monoisotopic (exact) mass is 361 g/mol. The molecule has 2 aromatic rings. The van der Waals surface area contributed by atoms with Crippen LogP contribution < -0.4 is 10.5 Å². The number of benzene rings is 1. The van der Waals surface area contributed by atoms with Crippen molar-refractivity contribution in [3.05, 3.63) is 40.4 Å². The van der Waals surface area contributed by atoms with Crippen LogP contribution in [0.1, 0.15) is 35.4 Å². The van der Waals surface area contributed by atoms with E-state index in [2.05, 4.69) is 22.0 Å². The fraction of sp³-hybridized carbons (Fsp3) is 0.526. The van der Waals surface area contributed by atoms with Gasteiger partial charge in [0, 0.05) is 17.8 Å². The van der Waals surface area contributed by atoms with Gasteiger partial charge in [0.05, 0.1) is 26.0 Å². The van der Waals surface area contributed by atoms with E-state index >= 15 is 0 Å². The second-order valence-corrected chi connectivity index (χ2v) is 7.52. The minimum atomic E-state index is 0.529. The standard InChI is InChI=1S/C19H27N3O2S/c1-23-16-7-5-6-15(12-16)13-18-17(21-19(20)25-18)14-24-11-10-22-8-3-2-4-9-22/h5-7,12H,2-4,8-11,13-14H2,1H3,(H2,20,21). The number of anilines is 1. The number of nitrogens with two attached hydrogens (primary N) is 1. The Labute approximate surface area is 153 Å². The number of nitrogens with zero attached hydrogens (tertiary/aromatic N) is 2. The molecule has 6 heteroatoms. The molecule has 1 saturated heterocycles. The van der Waals surface area contributed by atoms with Crippen LogP contribution in [0.5, 0.6) is 5.75 Å². The Morgan fingerprint density at radius 2 is 2.08 bits per heavy atom. The molecule has 5 nitrogen and oxygen atoms in total. The van der Waals surface area contributed by atoms with Gasteiger partial charge in [0.15, 0.2) is 5.13 Å². The van der Waals surface area contributed by atoms with E-state index in [1.807, 2.05) is 12.1 Å². The molecule has 1 aliphatic rings. The van der Waals surface area contributed by atoms with Crippen molar-refractivity contribution < 1.29 is 9.47 Å². The first-order valence-corrected chi connectivity index (χ1v) is 9.73. The lowest BCUT2D eigenvalue weighted by atomic mass is 10.1. The summed E-state index contributed by atoms with van der Waals surface area (Å²) in [6.45, 7) is 4.68. The minimum Gasteiger partial charge on any atom is -0.497 e. The number of hydrogen-bond acceptors (Lipinski definition) is 6. The third-order valence-electron chi connectivity index (χ3n) is 4.53. The second kappa shape index (κ2) is 9.17. The second-order valence-electron chi connectivity index (χ2n) is 6.41. The van der Waals surface area contributed by atoms with Crippen LogP contribution in [0.15, 0.2) is 24.3 Å². The molecule has 0 spiro atoms. The van der Waals surface area contributed by atoms with Crippen LogP contribution >= 0.6 is 11.3 Å². The summed E-state index contributed by atoms with van der Waals surface area (Å²) in [7, 11) is 1.69. The van der Waals surface area contributed by atoms with Gasteiger partial charge < -0.3 is 20.1 Å². The van der Waals surface area contributed by atoms with Crippen molar-refractivity contribution in [2.75, 3.05) is 39.1 Å². The zero-order valence-corrected chi connectivity index (χ0v) is 15.7. The van der Waals surface area contributed by atoms with Gasteiger partial charge in [-0.1, -0.05) is 18.6 Å². The van der Waals surface area contributed by atoms with Crippen LogP contribution in [0.2, 0.25) is 0 Å². The summed E-state index contributed by atoms with van der Waals surface area (Å²) in [5.74, 6) is 0.870. The van der Waals surface area contributed by atoms with Crippen molar-refractivity contribution in [2.24, 2.45) is 0 Å². The van der Waals surface area contributed by atoms with Crippen molar-refractivity contribution in [3.8, 4) is 5.75 Å². The molecule has 25 heavy (non-hydrogen) atoms. The lowest BCUT2D eigenvalue weighted by Gasteiger charge is -2.26. The minimum absolute atomic E-state index is 0.529. The van der Waals surface area contributed by atoms with Crippen LogP contribution in [0, 0.1) is 0 Å². The number of rotatable bonds is 8. The zero-order chi connectivity index (χ0) is 17.5. The van der Waals surface area contributed by atoms with E-state index in [1.165, 1.54) is 42.8 Å². The van der Waals surface area contributed by atoms with Crippen molar-refractivity contribution in [1.82, 2.24) is 9.88 Å². The van der Waals surface area contributed by atoms with Crippen molar-refractivity contribution in [2.45, 2.75) is 32.3 Å². The van der Waals surface area contributed by atoms with Gasteiger partial charge in [0.1, 0.15) is 5.75 Å². The van der Waals surface area contributed by atoms with Gasteiger partial charge in [-0.25, -0.2) is 4.98 Å². The summed E-state index contributed by atoms with van der Waals surface area (Å²) in [4.78, 5) is 8.11. The van der Waals surface area contributed by atoms with Crippen LogP contribution in [0.4, 0.5) is 5.13 Å². The number of thiazole rings is 1. The molecule has 3 rings (SSSR count). The maximum absolute atomic E-state index is 5.93. The first-order valence-electron chi connectivity index (χ1n) is 8.91. The molecule has 2 N–H and O–H groups in total. The van der Waals surface area contributed by atoms with Gasteiger partial charge in [-0.05, 0) is 43.6 Å². The summed E-state index contributed by atoms with van der Waals surface area (Å²) in [5.41, 5.74) is 8.08. The quantitative estimate of drug-likeness (QED) is 0.731. The van der Waals surface area contributed by atoms with Crippen molar-refractivity contribution in [3.63, 3.8) is 0 Å². The number of aromatic nitrogens is 1. The van der Waals surface area contributed by atoms with Crippen LogP contribution in [0.3, 0.4) is 0 Å². The lowest BCUT2D eigenvalue weighted by Crippen LogP contribution is -2.32. The van der Waals surface area contributed by atoms with E-state index in [9.17, 15) is 0 Å². The normalized spacial score (nSPS) is 15.4. The van der Waals surface area contributed by atoms with Crippen LogP contribution in [-0.4, -0.2) is 43.2 Å². The highest BCUT2D eigenvalue weighted by atomic mass is 32.1. The number of nitrogen functional groups attached to an aromatic ring is 1. The van der Waals surface area contributed by atoms with Gasteiger partial charge in [0.2, 0.25) is 0 Å². The lowest BCUT2D eigenvalue weighted by molar-refractivity contribution is 0.0845. The van der Waals surface area contributed by atoms with Crippen LogP contribution in [0.25, 0.3) is 0 Å². The van der Waals surface area contributed by atoms with E-state index in [0.717, 1.165) is 31.0 Å². The number of ether oxygens (including phenoxy) is 2. The molecule has 0 bridgehead atoms. The van der Waals surface area contributed by atoms with E-state index in [4.69, 9.17) is 15.2 Å². The Balaban J connectivity index is 1.53. The van der Waals surface area contributed by atoms with E-state index in [1.54, 1.807) is 18.4 Å². The molecular weight excluding hydrogens is 334 g/mol. The first kappa shape index (κ1) is 18.2. The fourth-order valence-electron chi connectivity index (χ4n) is 3.17. The molecule has 1 aliphatic heterocycles. The fourth-order valence-corrected chi connectivity index (χ4v) is 4.04. The Bertz CT molecular complexity index is 668. The summed E-state index contributed by atoms with van der Waals surface area (Å²) in [6, 6.07) is 8.11. The molecule has 136 valence electrons. The average Bonchev–Trinajstić information content (AvgIpc) is 2.99. The maximum atomic E-state index is 5.93. The Kier molecular flexibility index (Phi) is 6.67. The summed E-state index contributed by atoms with van der Waals surface area (Å²) in [5, 5.41) is 0.604. The average molecular weight is 362 g/mol. The van der Waals surface area contributed by atoms with E-state index < -0.39 is 0 Å². The van der Waals surface area contributed by atoms with Crippen molar-refractivity contribution in [1.29, 1.82) is 0 Å². The molecule has 1 fully saturated rings. The molecule has 0 radical (unpaired) electrons.